The Morgan fingerprint density at radius 1 is 1.19 bits per heavy atom. The van der Waals surface area contributed by atoms with Gasteiger partial charge in [0.15, 0.2) is 0 Å². The van der Waals surface area contributed by atoms with Crippen LogP contribution in [0.1, 0.15) is 16.7 Å². The maximum absolute atomic E-state index is 12.7. The van der Waals surface area contributed by atoms with E-state index in [2.05, 4.69) is 5.32 Å². The number of ether oxygens (including phenoxy) is 1. The van der Waals surface area contributed by atoms with Crippen molar-refractivity contribution in [2.45, 2.75) is 26.5 Å². The van der Waals surface area contributed by atoms with Gasteiger partial charge in [0.25, 0.3) is 0 Å². The van der Waals surface area contributed by atoms with E-state index >= 15 is 0 Å². The van der Waals surface area contributed by atoms with Crippen molar-refractivity contribution in [3.8, 4) is 0 Å². The molecule has 0 bridgehead atoms. The fraction of sp³-hybridized carbons (Fsp3) is 0.300. The number of carbonyl (C=O) groups is 2. The molecule has 3 rings (SSSR count). The summed E-state index contributed by atoms with van der Waals surface area (Å²) in [5.41, 5.74) is 3.46. The zero-order valence-electron chi connectivity index (χ0n) is 15.2. The van der Waals surface area contributed by atoms with Crippen LogP contribution in [-0.2, 0) is 16.1 Å². The summed E-state index contributed by atoms with van der Waals surface area (Å²) in [6, 6.07) is 12.4. The number of carbonyl (C=O) groups excluding carboxylic acids is 2. The Morgan fingerprint density at radius 3 is 2.67 bits per heavy atom. The van der Waals surface area contributed by atoms with E-state index in [4.69, 9.17) is 16.3 Å². The third-order valence-electron chi connectivity index (χ3n) is 4.60. The first-order valence-electron chi connectivity index (χ1n) is 8.59. The number of amides is 2. The summed E-state index contributed by atoms with van der Waals surface area (Å²) in [5.74, 6) is 0.754. The summed E-state index contributed by atoms with van der Waals surface area (Å²) in [4.78, 5) is 26.7. The van der Waals surface area contributed by atoms with Gasteiger partial charge in [-0.05, 0) is 42.7 Å². The van der Waals surface area contributed by atoms with Gasteiger partial charge in [0.1, 0.15) is 12.6 Å². The van der Waals surface area contributed by atoms with Gasteiger partial charge in [-0.25, -0.2) is 4.79 Å². The molecule has 1 heterocycles. The number of nitrogens with one attached hydrogen (secondary N) is 1. The van der Waals surface area contributed by atoms with Crippen LogP contribution in [0.5, 0.6) is 0 Å². The largest absolute Gasteiger partial charge is 0.445 e. The maximum Gasteiger partial charge on any atom is 0.411 e. The number of hydrogen-bond donors (Lipinski definition) is 1. The van der Waals surface area contributed by atoms with Crippen LogP contribution in [0, 0.1) is 13.8 Å². The normalized spacial score (nSPS) is 16.3. The molecule has 2 amide bonds. The molecule has 0 saturated carbocycles. The topological polar surface area (TPSA) is 58.6 Å². The van der Waals surface area contributed by atoms with E-state index in [1.165, 1.54) is 16.7 Å². The van der Waals surface area contributed by atoms with E-state index in [1.54, 1.807) is 12.1 Å². The lowest BCUT2D eigenvalue weighted by atomic mass is 10.1. The molecule has 1 saturated heterocycles. The Bertz CT molecular complexity index is 845. The Kier molecular flexibility index (Phi) is 6.29. The predicted molar refractivity (Wildman–Crippen MR) is 109 cm³/mol. The zero-order chi connectivity index (χ0) is 19.4. The molecule has 142 valence electrons. The fourth-order valence-electron chi connectivity index (χ4n) is 2.78. The standard InChI is InChI=1S/C20H21ClN2O3S/c1-13-14(2)17(9-8-16(13)21)22-19(24)18-11-27-12-23(18)20(25)26-10-15-6-4-3-5-7-15/h3-9,18H,10-12H2,1-2H3,(H,22,24)/t18-/m0/s1. The van der Waals surface area contributed by atoms with E-state index in [-0.39, 0.29) is 12.5 Å². The van der Waals surface area contributed by atoms with Crippen molar-refractivity contribution >= 4 is 41.1 Å². The van der Waals surface area contributed by atoms with E-state index in [0.717, 1.165) is 16.7 Å². The molecule has 2 aromatic rings. The summed E-state index contributed by atoms with van der Waals surface area (Å²) < 4.78 is 5.38. The van der Waals surface area contributed by atoms with Crippen LogP contribution in [0.15, 0.2) is 42.5 Å². The average molecular weight is 405 g/mol. The maximum atomic E-state index is 12.7. The lowest BCUT2D eigenvalue weighted by Crippen LogP contribution is -2.44. The van der Waals surface area contributed by atoms with Crippen molar-refractivity contribution < 1.29 is 14.3 Å². The Labute approximate surface area is 168 Å². The number of rotatable bonds is 4. The molecule has 0 radical (unpaired) electrons. The summed E-state index contributed by atoms with van der Waals surface area (Å²) in [6.45, 7) is 4.00. The van der Waals surface area contributed by atoms with Crippen LogP contribution in [0.3, 0.4) is 0 Å². The summed E-state index contributed by atoms with van der Waals surface area (Å²) in [7, 11) is 0. The Hall–Kier alpha value is -2.18. The number of nitrogens with zero attached hydrogens (tertiary/aromatic N) is 1. The van der Waals surface area contributed by atoms with E-state index in [9.17, 15) is 9.59 Å². The molecular weight excluding hydrogens is 384 g/mol. The molecular formula is C20H21ClN2O3S. The van der Waals surface area contributed by atoms with Crippen LogP contribution < -0.4 is 5.32 Å². The molecule has 27 heavy (non-hydrogen) atoms. The highest BCUT2D eigenvalue weighted by Crippen LogP contribution is 2.27. The van der Waals surface area contributed by atoms with Crippen LogP contribution in [-0.4, -0.2) is 34.6 Å². The van der Waals surface area contributed by atoms with Crippen molar-refractivity contribution in [3.63, 3.8) is 0 Å². The van der Waals surface area contributed by atoms with E-state index in [1.807, 2.05) is 44.2 Å². The molecule has 0 unspecified atom stereocenters. The van der Waals surface area contributed by atoms with Crippen molar-refractivity contribution in [1.82, 2.24) is 4.90 Å². The molecule has 0 aromatic heterocycles. The van der Waals surface area contributed by atoms with Gasteiger partial charge in [0, 0.05) is 16.5 Å². The van der Waals surface area contributed by atoms with Gasteiger partial charge < -0.3 is 10.1 Å². The first-order valence-corrected chi connectivity index (χ1v) is 10.1. The molecule has 1 aliphatic heterocycles. The second-order valence-electron chi connectivity index (χ2n) is 6.36. The highest BCUT2D eigenvalue weighted by atomic mass is 35.5. The SMILES string of the molecule is Cc1c(Cl)ccc(NC(=O)[C@@H]2CSCN2C(=O)OCc2ccccc2)c1C. The first kappa shape index (κ1) is 19.6. The zero-order valence-corrected chi connectivity index (χ0v) is 16.8. The number of thioether (sulfide) groups is 1. The van der Waals surface area contributed by atoms with Gasteiger partial charge in [-0.2, -0.15) is 0 Å². The van der Waals surface area contributed by atoms with Crippen molar-refractivity contribution in [2.24, 2.45) is 0 Å². The molecule has 5 nitrogen and oxygen atoms in total. The molecule has 1 aliphatic rings. The molecule has 2 aromatic carbocycles. The van der Waals surface area contributed by atoms with E-state index in [0.29, 0.717) is 22.3 Å². The number of benzene rings is 2. The number of halogens is 1. The number of anilines is 1. The average Bonchev–Trinajstić information content (AvgIpc) is 3.17. The van der Waals surface area contributed by atoms with Gasteiger partial charge >= 0.3 is 6.09 Å². The highest BCUT2D eigenvalue weighted by Gasteiger charge is 2.36. The molecule has 1 fully saturated rings. The minimum atomic E-state index is -0.561. The fourth-order valence-corrected chi connectivity index (χ4v) is 4.13. The lowest BCUT2D eigenvalue weighted by molar-refractivity contribution is -0.119. The van der Waals surface area contributed by atoms with Crippen LogP contribution in [0.4, 0.5) is 10.5 Å². The number of hydrogen-bond acceptors (Lipinski definition) is 4. The molecule has 0 spiro atoms. The summed E-state index contributed by atoms with van der Waals surface area (Å²) >= 11 is 7.65. The third kappa shape index (κ3) is 4.57. The summed E-state index contributed by atoms with van der Waals surface area (Å²) in [6.07, 6.45) is -0.479. The third-order valence-corrected chi connectivity index (χ3v) is 6.03. The predicted octanol–water partition coefficient (Wildman–Crippen LogP) is 4.61. The molecule has 7 heteroatoms. The smallest absolute Gasteiger partial charge is 0.411 e. The quantitative estimate of drug-likeness (QED) is 0.808. The second kappa shape index (κ2) is 8.67. The second-order valence-corrected chi connectivity index (χ2v) is 7.77. The summed E-state index contributed by atoms with van der Waals surface area (Å²) in [5, 5.41) is 3.58. The molecule has 0 aliphatic carbocycles. The van der Waals surface area contributed by atoms with Gasteiger partial charge in [0.05, 0.1) is 5.88 Å². The monoisotopic (exact) mass is 404 g/mol. The van der Waals surface area contributed by atoms with Crippen molar-refractivity contribution in [3.05, 3.63) is 64.2 Å². The highest BCUT2D eigenvalue weighted by molar-refractivity contribution is 7.99. The Morgan fingerprint density at radius 2 is 1.93 bits per heavy atom. The minimum Gasteiger partial charge on any atom is -0.445 e. The first-order chi connectivity index (χ1) is 13.0. The van der Waals surface area contributed by atoms with Crippen molar-refractivity contribution in [2.75, 3.05) is 16.9 Å². The lowest BCUT2D eigenvalue weighted by Gasteiger charge is -2.23. The molecule has 1 atom stereocenters. The minimum absolute atomic E-state index is 0.185. The van der Waals surface area contributed by atoms with Crippen LogP contribution in [0.2, 0.25) is 5.02 Å². The van der Waals surface area contributed by atoms with Crippen LogP contribution in [0.25, 0.3) is 0 Å². The van der Waals surface area contributed by atoms with Gasteiger partial charge in [-0.1, -0.05) is 41.9 Å². The molecule has 1 N–H and O–H groups in total. The van der Waals surface area contributed by atoms with Gasteiger partial charge in [-0.3, -0.25) is 9.69 Å². The van der Waals surface area contributed by atoms with Gasteiger partial charge in [0.2, 0.25) is 5.91 Å². The van der Waals surface area contributed by atoms with Crippen molar-refractivity contribution in [1.29, 1.82) is 0 Å². The Balaban J connectivity index is 1.64. The van der Waals surface area contributed by atoms with E-state index < -0.39 is 12.1 Å². The van der Waals surface area contributed by atoms with Gasteiger partial charge in [-0.15, -0.1) is 11.8 Å². The van der Waals surface area contributed by atoms with Crippen LogP contribution >= 0.6 is 23.4 Å².